The summed E-state index contributed by atoms with van der Waals surface area (Å²) >= 11 is 0. The van der Waals surface area contributed by atoms with Crippen LogP contribution in [0.1, 0.15) is 48.1 Å². The van der Waals surface area contributed by atoms with E-state index in [2.05, 4.69) is 33.0 Å². The number of hydrogen-bond donors (Lipinski definition) is 2. The summed E-state index contributed by atoms with van der Waals surface area (Å²) in [5, 5.41) is 7.71. The maximum Gasteiger partial charge on any atom is 0.220 e. The number of H-pyrrole nitrogens is 1. The number of aromatic nitrogens is 4. The summed E-state index contributed by atoms with van der Waals surface area (Å²) in [6.07, 6.45) is 2.99. The van der Waals surface area contributed by atoms with Crippen LogP contribution in [0.15, 0.2) is 18.2 Å². The number of carbonyl (C=O) groups is 1. The van der Waals surface area contributed by atoms with Crippen LogP contribution < -0.4 is 5.32 Å². The lowest BCUT2D eigenvalue weighted by Crippen LogP contribution is -2.23. The molecule has 0 atom stereocenters. The maximum absolute atomic E-state index is 12.3. The van der Waals surface area contributed by atoms with Gasteiger partial charge in [-0.1, -0.05) is 13.0 Å². The second-order valence-corrected chi connectivity index (χ2v) is 7.38. The van der Waals surface area contributed by atoms with Gasteiger partial charge in [-0.2, -0.15) is 5.10 Å². The van der Waals surface area contributed by atoms with Crippen molar-refractivity contribution >= 4 is 16.9 Å². The molecular weight excluding hydrogens is 354 g/mol. The molecule has 0 spiro atoms. The molecule has 0 saturated carbocycles. The minimum absolute atomic E-state index is 0.00663. The van der Waals surface area contributed by atoms with Gasteiger partial charge in [0.1, 0.15) is 5.82 Å². The molecule has 1 aromatic carbocycles. The number of ether oxygens (including phenoxy) is 1. The molecule has 7 heteroatoms. The van der Waals surface area contributed by atoms with Crippen molar-refractivity contribution in [2.24, 2.45) is 0 Å². The maximum atomic E-state index is 12.3. The highest BCUT2D eigenvalue weighted by Gasteiger charge is 2.21. The third-order valence-corrected chi connectivity index (χ3v) is 5.14. The van der Waals surface area contributed by atoms with Crippen LogP contribution >= 0.6 is 0 Å². The van der Waals surface area contributed by atoms with Crippen LogP contribution in [0.2, 0.25) is 0 Å². The van der Waals surface area contributed by atoms with E-state index < -0.39 is 0 Å². The van der Waals surface area contributed by atoms with E-state index in [0.29, 0.717) is 26.0 Å². The number of fused-ring (bicyclic) bond motifs is 2. The predicted octanol–water partition coefficient (Wildman–Crippen LogP) is 2.80. The zero-order valence-electron chi connectivity index (χ0n) is 16.5. The van der Waals surface area contributed by atoms with Gasteiger partial charge in [0.05, 0.1) is 36.5 Å². The second kappa shape index (κ2) is 8.14. The van der Waals surface area contributed by atoms with Gasteiger partial charge in [-0.05, 0) is 31.0 Å². The molecule has 1 aliphatic heterocycles. The molecule has 1 aliphatic rings. The molecule has 3 aromatic rings. The summed E-state index contributed by atoms with van der Waals surface area (Å²) in [5.74, 6) is 0.777. The Balaban J connectivity index is 1.35. The van der Waals surface area contributed by atoms with Gasteiger partial charge in [-0.25, -0.2) is 4.98 Å². The van der Waals surface area contributed by atoms with Gasteiger partial charge in [0.25, 0.3) is 0 Å². The summed E-state index contributed by atoms with van der Waals surface area (Å²) in [6.45, 7) is 6.87. The average Bonchev–Trinajstić information content (AvgIpc) is 3.26. The van der Waals surface area contributed by atoms with Gasteiger partial charge in [-0.15, -0.1) is 0 Å². The molecule has 7 nitrogen and oxygen atoms in total. The van der Waals surface area contributed by atoms with Crippen molar-refractivity contribution < 1.29 is 9.53 Å². The van der Waals surface area contributed by atoms with E-state index >= 15 is 0 Å². The lowest BCUT2D eigenvalue weighted by atomic mass is 10.1. The van der Waals surface area contributed by atoms with Gasteiger partial charge in [0.15, 0.2) is 0 Å². The number of aromatic amines is 1. The molecule has 0 aliphatic carbocycles. The molecule has 4 rings (SSSR count). The Morgan fingerprint density at radius 1 is 1.39 bits per heavy atom. The average molecular weight is 381 g/mol. The lowest BCUT2D eigenvalue weighted by molar-refractivity contribution is -0.121. The monoisotopic (exact) mass is 381 g/mol. The van der Waals surface area contributed by atoms with Crippen LogP contribution in [-0.2, 0) is 42.1 Å². The number of benzene rings is 1. The first kappa shape index (κ1) is 18.7. The Hall–Kier alpha value is -2.67. The summed E-state index contributed by atoms with van der Waals surface area (Å²) in [4.78, 5) is 20.1. The zero-order valence-corrected chi connectivity index (χ0v) is 16.5. The fourth-order valence-electron chi connectivity index (χ4n) is 3.74. The highest BCUT2D eigenvalue weighted by Crippen LogP contribution is 2.22. The van der Waals surface area contributed by atoms with Crippen LogP contribution in [0.25, 0.3) is 11.0 Å². The standard InChI is InChI=1S/C21H27N5O2/c1-3-9-26-19-8-10-28-13-15(19)16(25-26)6-7-21(27)22-12-20-23-17-5-4-14(2)11-18(17)24-20/h4-5,11H,3,6-10,12-13H2,1-2H3,(H,22,27)(H,23,24). The molecule has 1 amide bonds. The van der Waals surface area contributed by atoms with Crippen molar-refractivity contribution in [3.8, 4) is 0 Å². The topological polar surface area (TPSA) is 84.8 Å². The first-order valence-electron chi connectivity index (χ1n) is 10.0. The van der Waals surface area contributed by atoms with Crippen LogP contribution in [0.5, 0.6) is 0 Å². The second-order valence-electron chi connectivity index (χ2n) is 7.38. The van der Waals surface area contributed by atoms with Crippen molar-refractivity contribution in [1.82, 2.24) is 25.1 Å². The van der Waals surface area contributed by atoms with Crippen LogP contribution in [0.3, 0.4) is 0 Å². The highest BCUT2D eigenvalue weighted by molar-refractivity contribution is 5.77. The molecule has 148 valence electrons. The molecule has 2 N–H and O–H groups in total. The first-order valence-corrected chi connectivity index (χ1v) is 10.0. The lowest BCUT2D eigenvalue weighted by Gasteiger charge is -2.14. The predicted molar refractivity (Wildman–Crippen MR) is 107 cm³/mol. The Kier molecular flexibility index (Phi) is 5.43. The van der Waals surface area contributed by atoms with E-state index in [9.17, 15) is 4.79 Å². The number of hydrogen-bond acceptors (Lipinski definition) is 4. The third-order valence-electron chi connectivity index (χ3n) is 5.14. The minimum atomic E-state index is 0.00663. The van der Waals surface area contributed by atoms with Gasteiger partial charge in [0.2, 0.25) is 5.91 Å². The Labute approximate surface area is 164 Å². The van der Waals surface area contributed by atoms with E-state index in [1.807, 2.05) is 19.1 Å². The molecule has 3 heterocycles. The summed E-state index contributed by atoms with van der Waals surface area (Å²) in [7, 11) is 0. The number of rotatable bonds is 7. The summed E-state index contributed by atoms with van der Waals surface area (Å²) < 4.78 is 7.71. The van der Waals surface area contributed by atoms with E-state index in [4.69, 9.17) is 9.84 Å². The number of aryl methyl sites for hydroxylation is 3. The third kappa shape index (κ3) is 3.94. The van der Waals surface area contributed by atoms with Gasteiger partial charge in [0, 0.05) is 37.1 Å². The molecular formula is C21H27N5O2. The smallest absolute Gasteiger partial charge is 0.220 e. The van der Waals surface area contributed by atoms with Crippen molar-refractivity contribution in [3.63, 3.8) is 0 Å². The fourth-order valence-corrected chi connectivity index (χ4v) is 3.74. The highest BCUT2D eigenvalue weighted by atomic mass is 16.5. The van der Waals surface area contributed by atoms with E-state index in [0.717, 1.165) is 48.5 Å². The van der Waals surface area contributed by atoms with E-state index in [1.54, 1.807) is 0 Å². The molecule has 0 bridgehead atoms. The van der Waals surface area contributed by atoms with Crippen LogP contribution in [-0.4, -0.2) is 32.3 Å². The Bertz CT molecular complexity index is 988. The van der Waals surface area contributed by atoms with Crippen molar-refractivity contribution in [2.75, 3.05) is 6.61 Å². The van der Waals surface area contributed by atoms with E-state index in [1.165, 1.54) is 16.8 Å². The molecule has 0 unspecified atom stereocenters. The van der Waals surface area contributed by atoms with Crippen LogP contribution in [0.4, 0.5) is 0 Å². The molecule has 0 fully saturated rings. The first-order chi connectivity index (χ1) is 13.6. The van der Waals surface area contributed by atoms with Crippen LogP contribution in [0, 0.1) is 6.92 Å². The minimum Gasteiger partial charge on any atom is -0.376 e. The normalized spacial score (nSPS) is 13.6. The quantitative estimate of drug-likeness (QED) is 0.659. The molecule has 0 radical (unpaired) electrons. The molecule has 0 saturated heterocycles. The SMILES string of the molecule is CCCn1nc(CCC(=O)NCc2nc3ccc(C)cc3[nH]2)c2c1CCOC2. The Morgan fingerprint density at radius 3 is 3.14 bits per heavy atom. The molecule has 2 aromatic heterocycles. The fraction of sp³-hybridized carbons (Fsp3) is 0.476. The summed E-state index contributed by atoms with van der Waals surface area (Å²) in [6, 6.07) is 6.09. The number of nitrogens with one attached hydrogen (secondary N) is 2. The summed E-state index contributed by atoms with van der Waals surface area (Å²) in [5.41, 5.74) is 6.56. The van der Waals surface area contributed by atoms with Gasteiger partial charge < -0.3 is 15.0 Å². The van der Waals surface area contributed by atoms with Crippen molar-refractivity contribution in [3.05, 3.63) is 46.5 Å². The van der Waals surface area contributed by atoms with Gasteiger partial charge >= 0.3 is 0 Å². The number of imidazole rings is 1. The van der Waals surface area contributed by atoms with Crippen molar-refractivity contribution in [1.29, 1.82) is 0 Å². The Morgan fingerprint density at radius 2 is 2.29 bits per heavy atom. The molecule has 28 heavy (non-hydrogen) atoms. The zero-order chi connectivity index (χ0) is 19.5. The van der Waals surface area contributed by atoms with Crippen molar-refractivity contribution in [2.45, 2.75) is 59.2 Å². The van der Waals surface area contributed by atoms with Gasteiger partial charge in [-0.3, -0.25) is 9.48 Å². The number of nitrogens with zero attached hydrogens (tertiary/aromatic N) is 3. The number of carbonyl (C=O) groups excluding carboxylic acids is 1. The largest absolute Gasteiger partial charge is 0.376 e. The van der Waals surface area contributed by atoms with E-state index in [-0.39, 0.29) is 5.91 Å². The number of amides is 1.